The van der Waals surface area contributed by atoms with E-state index < -0.39 is 0 Å². The largest absolute Gasteiger partial charge is 0.369 e. The van der Waals surface area contributed by atoms with E-state index in [9.17, 15) is 4.79 Å². The lowest BCUT2D eigenvalue weighted by atomic mass is 9.86. The Labute approximate surface area is 203 Å². The van der Waals surface area contributed by atoms with Crippen LogP contribution in [0.15, 0.2) is 66.7 Å². The number of likely N-dealkylation sites (N-methyl/N-ethyl adjacent to an activating group) is 1. The number of benzene rings is 3. The van der Waals surface area contributed by atoms with Gasteiger partial charge in [0, 0.05) is 43.5 Å². The molecule has 1 atom stereocenters. The maximum Gasteiger partial charge on any atom is 0.251 e. The fourth-order valence-corrected chi connectivity index (χ4v) is 5.25. The molecule has 2 aliphatic rings. The van der Waals surface area contributed by atoms with Crippen LogP contribution in [-0.2, 0) is 19.3 Å². The molecule has 1 fully saturated rings. The topological polar surface area (TPSA) is 35.6 Å². The highest BCUT2D eigenvalue weighted by Gasteiger charge is 2.25. The quantitative estimate of drug-likeness (QED) is 0.593. The van der Waals surface area contributed by atoms with Crippen molar-refractivity contribution in [2.45, 2.75) is 38.6 Å². The highest BCUT2D eigenvalue weighted by molar-refractivity contribution is 5.95. The molecule has 0 unspecified atom stereocenters. The average molecular weight is 454 g/mol. The van der Waals surface area contributed by atoms with Crippen molar-refractivity contribution < 1.29 is 4.79 Å². The molecule has 0 aromatic heterocycles. The number of aryl methyl sites for hydroxylation is 2. The Kier molecular flexibility index (Phi) is 6.68. The summed E-state index contributed by atoms with van der Waals surface area (Å²) < 4.78 is 0. The molecule has 3 aromatic rings. The number of hydrogen-bond donors (Lipinski definition) is 1. The number of carbonyl (C=O) groups is 1. The highest BCUT2D eigenvalue weighted by atomic mass is 16.1. The molecule has 0 saturated carbocycles. The summed E-state index contributed by atoms with van der Waals surface area (Å²) in [6.45, 7) is 6.50. The molecular formula is C30H35N3O. The highest BCUT2D eigenvalue weighted by Crippen LogP contribution is 2.31. The smallest absolute Gasteiger partial charge is 0.251 e. The van der Waals surface area contributed by atoms with E-state index in [2.05, 4.69) is 83.7 Å². The van der Waals surface area contributed by atoms with Crippen LogP contribution in [0.4, 0.5) is 5.69 Å². The molecule has 1 aliphatic heterocycles. The van der Waals surface area contributed by atoms with E-state index in [-0.39, 0.29) is 11.9 Å². The lowest BCUT2D eigenvalue weighted by Crippen LogP contribution is -2.45. The average Bonchev–Trinajstić information content (AvgIpc) is 2.89. The van der Waals surface area contributed by atoms with Crippen LogP contribution in [0.3, 0.4) is 0 Å². The minimum absolute atomic E-state index is 0.0263. The van der Waals surface area contributed by atoms with E-state index >= 15 is 0 Å². The maximum atomic E-state index is 13.1. The normalized spacial score (nSPS) is 18.4. The van der Waals surface area contributed by atoms with Crippen LogP contribution in [0.5, 0.6) is 0 Å². The standard InChI is InChI=1S/C30H35N3O/c1-3-22-7-9-23(10-8-22)24-11-13-26(14-12-24)30(34)31-27-16-15-25-5-4-6-29(28(25)21-27)33-19-17-32(2)18-20-33/h4-14,27H,3,15-21H2,1-2H3,(H,31,34)/t27-/m1/s1. The van der Waals surface area contributed by atoms with Gasteiger partial charge in [0.05, 0.1) is 0 Å². The first kappa shape index (κ1) is 22.7. The number of fused-ring (bicyclic) bond motifs is 1. The Morgan fingerprint density at radius 3 is 2.26 bits per heavy atom. The van der Waals surface area contributed by atoms with E-state index in [4.69, 9.17) is 0 Å². The molecule has 1 N–H and O–H groups in total. The Balaban J connectivity index is 1.26. The third kappa shape index (κ3) is 4.88. The van der Waals surface area contributed by atoms with E-state index in [1.807, 2.05) is 12.1 Å². The number of anilines is 1. The first-order valence-corrected chi connectivity index (χ1v) is 12.6. The van der Waals surface area contributed by atoms with Crippen molar-refractivity contribution in [1.82, 2.24) is 10.2 Å². The van der Waals surface area contributed by atoms with Gasteiger partial charge in [-0.3, -0.25) is 4.79 Å². The molecule has 4 heteroatoms. The fourth-order valence-electron chi connectivity index (χ4n) is 5.25. The van der Waals surface area contributed by atoms with Gasteiger partial charge in [-0.15, -0.1) is 0 Å². The van der Waals surface area contributed by atoms with Crippen molar-refractivity contribution in [2.75, 3.05) is 38.1 Å². The van der Waals surface area contributed by atoms with E-state index in [1.54, 1.807) is 0 Å². The SMILES string of the molecule is CCc1ccc(-c2ccc(C(=O)N[C@@H]3CCc4cccc(N5CCN(C)CC5)c4C3)cc2)cc1. The Morgan fingerprint density at radius 2 is 1.59 bits per heavy atom. The van der Waals surface area contributed by atoms with Crippen LogP contribution in [-0.4, -0.2) is 50.1 Å². The van der Waals surface area contributed by atoms with Crippen molar-refractivity contribution >= 4 is 11.6 Å². The summed E-state index contributed by atoms with van der Waals surface area (Å²) in [5.74, 6) is 0.0263. The van der Waals surface area contributed by atoms with Crippen LogP contribution in [0, 0.1) is 0 Å². The first-order chi connectivity index (χ1) is 16.6. The second kappa shape index (κ2) is 10.0. The number of rotatable bonds is 5. The zero-order chi connectivity index (χ0) is 23.5. The molecule has 0 bridgehead atoms. The minimum Gasteiger partial charge on any atom is -0.369 e. The summed E-state index contributed by atoms with van der Waals surface area (Å²) in [6, 6.07) is 23.6. The molecule has 1 aliphatic carbocycles. The number of nitrogens with zero attached hydrogens (tertiary/aromatic N) is 2. The molecule has 176 valence electrons. The summed E-state index contributed by atoms with van der Waals surface area (Å²) >= 11 is 0. The lowest BCUT2D eigenvalue weighted by molar-refractivity contribution is 0.0933. The predicted octanol–water partition coefficient (Wildman–Crippen LogP) is 4.96. The van der Waals surface area contributed by atoms with Crippen LogP contribution in [0.2, 0.25) is 0 Å². The van der Waals surface area contributed by atoms with Gasteiger partial charge in [0.25, 0.3) is 5.91 Å². The summed E-state index contributed by atoms with van der Waals surface area (Å²) in [6.07, 6.45) is 3.97. The second-order valence-corrected chi connectivity index (χ2v) is 9.75. The fraction of sp³-hybridized carbons (Fsp3) is 0.367. The van der Waals surface area contributed by atoms with Crippen molar-refractivity contribution in [3.05, 3.63) is 89.0 Å². The second-order valence-electron chi connectivity index (χ2n) is 9.75. The maximum absolute atomic E-state index is 13.1. The first-order valence-electron chi connectivity index (χ1n) is 12.6. The lowest BCUT2D eigenvalue weighted by Gasteiger charge is -2.37. The summed E-state index contributed by atoms with van der Waals surface area (Å²) in [5, 5.41) is 3.32. The third-order valence-corrected chi connectivity index (χ3v) is 7.48. The van der Waals surface area contributed by atoms with E-state index in [0.29, 0.717) is 0 Å². The van der Waals surface area contributed by atoms with Gasteiger partial charge >= 0.3 is 0 Å². The Hall–Kier alpha value is -3.11. The zero-order valence-corrected chi connectivity index (χ0v) is 20.4. The summed E-state index contributed by atoms with van der Waals surface area (Å²) in [7, 11) is 2.19. The summed E-state index contributed by atoms with van der Waals surface area (Å²) in [5.41, 5.74) is 8.63. The van der Waals surface area contributed by atoms with Crippen LogP contribution in [0.25, 0.3) is 11.1 Å². The summed E-state index contributed by atoms with van der Waals surface area (Å²) in [4.78, 5) is 18.0. The van der Waals surface area contributed by atoms with Crippen LogP contribution in [0.1, 0.15) is 40.4 Å². The Morgan fingerprint density at radius 1 is 0.912 bits per heavy atom. The molecule has 3 aromatic carbocycles. The number of carbonyl (C=O) groups excluding carboxylic acids is 1. The van der Waals surface area contributed by atoms with Gasteiger partial charge in [-0.2, -0.15) is 0 Å². The zero-order valence-electron chi connectivity index (χ0n) is 20.4. The molecular weight excluding hydrogens is 418 g/mol. The third-order valence-electron chi connectivity index (χ3n) is 7.48. The van der Waals surface area contributed by atoms with Gasteiger partial charge in [-0.1, -0.05) is 55.5 Å². The molecule has 5 rings (SSSR count). The number of amides is 1. The van der Waals surface area contributed by atoms with Gasteiger partial charge in [0.2, 0.25) is 0 Å². The minimum atomic E-state index is 0.0263. The Bertz CT molecular complexity index is 1130. The van der Waals surface area contributed by atoms with Crippen LogP contribution >= 0.6 is 0 Å². The van der Waals surface area contributed by atoms with Crippen molar-refractivity contribution in [2.24, 2.45) is 0 Å². The number of hydrogen-bond acceptors (Lipinski definition) is 3. The molecule has 34 heavy (non-hydrogen) atoms. The van der Waals surface area contributed by atoms with Gasteiger partial charge in [0.15, 0.2) is 0 Å². The van der Waals surface area contributed by atoms with Gasteiger partial charge in [0.1, 0.15) is 0 Å². The van der Waals surface area contributed by atoms with Gasteiger partial charge in [-0.05, 0) is 78.7 Å². The monoisotopic (exact) mass is 453 g/mol. The molecule has 1 saturated heterocycles. The molecule has 1 amide bonds. The van der Waals surface area contributed by atoms with Crippen molar-refractivity contribution in [3.63, 3.8) is 0 Å². The molecule has 4 nitrogen and oxygen atoms in total. The molecule has 0 radical (unpaired) electrons. The van der Waals surface area contributed by atoms with E-state index in [0.717, 1.165) is 63.0 Å². The number of nitrogens with one attached hydrogen (secondary N) is 1. The number of piperazine rings is 1. The predicted molar refractivity (Wildman–Crippen MR) is 141 cm³/mol. The van der Waals surface area contributed by atoms with Crippen molar-refractivity contribution in [3.8, 4) is 11.1 Å². The van der Waals surface area contributed by atoms with Gasteiger partial charge < -0.3 is 15.1 Å². The van der Waals surface area contributed by atoms with Gasteiger partial charge in [-0.25, -0.2) is 0 Å². The van der Waals surface area contributed by atoms with E-state index in [1.165, 1.54) is 27.9 Å². The molecule has 0 spiro atoms. The molecule has 1 heterocycles. The van der Waals surface area contributed by atoms with Crippen molar-refractivity contribution in [1.29, 1.82) is 0 Å². The van der Waals surface area contributed by atoms with Crippen LogP contribution < -0.4 is 10.2 Å².